The topological polar surface area (TPSA) is 38.8 Å². The molecule has 3 aromatic carbocycles. The van der Waals surface area contributed by atoms with Gasteiger partial charge in [-0.3, -0.25) is 4.79 Å². The molecule has 0 unspecified atom stereocenters. The van der Waals surface area contributed by atoms with Crippen LogP contribution in [-0.4, -0.2) is 31.6 Å². The summed E-state index contributed by atoms with van der Waals surface area (Å²) in [6.07, 6.45) is 0.680. The molecule has 1 aliphatic heterocycles. The van der Waals surface area contributed by atoms with Crippen molar-refractivity contribution in [2.45, 2.75) is 12.5 Å². The van der Waals surface area contributed by atoms with E-state index in [0.29, 0.717) is 45.1 Å². The second-order valence-electron chi connectivity index (χ2n) is 7.24. The van der Waals surface area contributed by atoms with E-state index in [1.54, 1.807) is 32.4 Å². The Balaban J connectivity index is 1.86. The molecule has 0 aliphatic carbocycles. The number of ether oxygens (including phenoxy) is 2. The van der Waals surface area contributed by atoms with Crippen LogP contribution in [0.3, 0.4) is 0 Å². The molecule has 0 N–H and O–H groups in total. The minimum atomic E-state index is -0.343. The van der Waals surface area contributed by atoms with Crippen LogP contribution < -0.4 is 9.47 Å². The van der Waals surface area contributed by atoms with E-state index in [2.05, 4.69) is 0 Å². The van der Waals surface area contributed by atoms with E-state index >= 15 is 0 Å². The van der Waals surface area contributed by atoms with Crippen LogP contribution in [-0.2, 0) is 6.42 Å². The Bertz CT molecular complexity index is 1150. The lowest BCUT2D eigenvalue weighted by Gasteiger charge is -2.38. The lowest BCUT2D eigenvalue weighted by atomic mass is 9.87. The molecule has 0 aromatic heterocycles. The van der Waals surface area contributed by atoms with Crippen LogP contribution in [0.15, 0.2) is 54.6 Å². The van der Waals surface area contributed by atoms with E-state index in [9.17, 15) is 4.79 Å². The molecule has 7 heteroatoms. The minimum absolute atomic E-state index is 0.135. The highest BCUT2D eigenvalue weighted by Gasteiger charge is 2.34. The van der Waals surface area contributed by atoms with E-state index < -0.39 is 0 Å². The first-order valence-electron chi connectivity index (χ1n) is 9.69. The van der Waals surface area contributed by atoms with Gasteiger partial charge in [0.2, 0.25) is 0 Å². The number of methoxy groups -OCH3 is 2. The fourth-order valence-electron chi connectivity index (χ4n) is 4.00. The number of rotatable bonds is 4. The number of nitrogens with zero attached hydrogens (tertiary/aromatic N) is 1. The highest BCUT2D eigenvalue weighted by atomic mass is 35.5. The summed E-state index contributed by atoms with van der Waals surface area (Å²) in [5.41, 5.74) is 3.46. The zero-order valence-electron chi connectivity index (χ0n) is 17.0. The van der Waals surface area contributed by atoms with Crippen LogP contribution in [0.5, 0.6) is 11.5 Å². The zero-order chi connectivity index (χ0) is 22.1. The van der Waals surface area contributed by atoms with Crippen molar-refractivity contribution in [1.29, 1.82) is 0 Å². The minimum Gasteiger partial charge on any atom is -0.493 e. The molecule has 1 amide bonds. The van der Waals surface area contributed by atoms with Crippen molar-refractivity contribution in [3.63, 3.8) is 0 Å². The Morgan fingerprint density at radius 3 is 2.35 bits per heavy atom. The lowest BCUT2D eigenvalue weighted by molar-refractivity contribution is 0.0694. The van der Waals surface area contributed by atoms with Crippen molar-refractivity contribution >= 4 is 40.7 Å². The quantitative estimate of drug-likeness (QED) is 0.434. The molecule has 3 aromatic rings. The fraction of sp³-hybridized carbons (Fsp3) is 0.208. The molecule has 1 atom stereocenters. The summed E-state index contributed by atoms with van der Waals surface area (Å²) in [6, 6.07) is 16.1. The average molecular weight is 477 g/mol. The molecule has 0 fully saturated rings. The number of hydrogen-bond donors (Lipinski definition) is 0. The molecule has 1 aliphatic rings. The van der Waals surface area contributed by atoms with Gasteiger partial charge in [0.25, 0.3) is 5.91 Å². The standard InChI is InChI=1S/C24H20Cl3NO3/c1-30-21-12-14-8-9-28(24(29)16-6-7-19(26)20(27)11-16)23(18(14)13-22(21)31-2)15-4-3-5-17(25)10-15/h3-7,10-13,23H,8-9H2,1-2H3/t23-/m1/s1. The Labute approximate surface area is 196 Å². The van der Waals surface area contributed by atoms with Gasteiger partial charge in [-0.25, -0.2) is 0 Å². The van der Waals surface area contributed by atoms with Crippen LogP contribution in [0.25, 0.3) is 0 Å². The Morgan fingerprint density at radius 2 is 1.68 bits per heavy atom. The average Bonchev–Trinajstić information content (AvgIpc) is 2.78. The van der Waals surface area contributed by atoms with E-state index in [0.717, 1.165) is 16.7 Å². The summed E-state index contributed by atoms with van der Waals surface area (Å²) in [7, 11) is 3.21. The maximum Gasteiger partial charge on any atom is 0.254 e. The van der Waals surface area contributed by atoms with Crippen LogP contribution in [0.1, 0.15) is 33.1 Å². The van der Waals surface area contributed by atoms with Gasteiger partial charge in [0, 0.05) is 17.1 Å². The predicted molar refractivity (Wildman–Crippen MR) is 124 cm³/mol. The lowest BCUT2D eigenvalue weighted by Crippen LogP contribution is -2.40. The Kier molecular flexibility index (Phi) is 6.33. The number of fused-ring (bicyclic) bond motifs is 1. The third-order valence-electron chi connectivity index (χ3n) is 5.47. The molecule has 0 radical (unpaired) electrons. The largest absolute Gasteiger partial charge is 0.493 e. The van der Waals surface area contributed by atoms with Gasteiger partial charge >= 0.3 is 0 Å². The van der Waals surface area contributed by atoms with Gasteiger partial charge in [-0.1, -0.05) is 46.9 Å². The highest BCUT2D eigenvalue weighted by molar-refractivity contribution is 6.42. The zero-order valence-corrected chi connectivity index (χ0v) is 19.3. The summed E-state index contributed by atoms with van der Waals surface area (Å²) >= 11 is 18.5. The van der Waals surface area contributed by atoms with Crippen molar-refractivity contribution in [3.05, 3.63) is 91.9 Å². The van der Waals surface area contributed by atoms with E-state index in [-0.39, 0.29) is 11.9 Å². The maximum atomic E-state index is 13.6. The number of benzene rings is 3. The Hall–Kier alpha value is -2.40. The van der Waals surface area contributed by atoms with E-state index in [4.69, 9.17) is 44.3 Å². The van der Waals surface area contributed by atoms with Crippen LogP contribution in [0, 0.1) is 0 Å². The molecule has 0 spiro atoms. The van der Waals surface area contributed by atoms with Crippen molar-refractivity contribution in [2.24, 2.45) is 0 Å². The van der Waals surface area contributed by atoms with E-state index in [1.807, 2.05) is 41.3 Å². The van der Waals surface area contributed by atoms with E-state index in [1.165, 1.54) is 0 Å². The van der Waals surface area contributed by atoms with Gasteiger partial charge in [0.1, 0.15) is 0 Å². The Morgan fingerprint density at radius 1 is 0.935 bits per heavy atom. The molecule has 0 saturated heterocycles. The van der Waals surface area contributed by atoms with Crippen molar-refractivity contribution in [2.75, 3.05) is 20.8 Å². The molecule has 160 valence electrons. The first-order chi connectivity index (χ1) is 14.9. The normalized spacial score (nSPS) is 15.4. The van der Waals surface area contributed by atoms with Crippen molar-refractivity contribution in [1.82, 2.24) is 4.90 Å². The van der Waals surface area contributed by atoms with Gasteiger partial charge in [-0.2, -0.15) is 0 Å². The first-order valence-corrected chi connectivity index (χ1v) is 10.8. The SMILES string of the molecule is COc1cc2c(cc1OC)[C@@H](c1cccc(Cl)c1)N(C(=O)c1ccc(Cl)c(Cl)c1)CC2. The maximum absolute atomic E-state index is 13.6. The molecule has 1 heterocycles. The second-order valence-corrected chi connectivity index (χ2v) is 8.49. The van der Waals surface area contributed by atoms with Crippen molar-refractivity contribution < 1.29 is 14.3 Å². The highest BCUT2D eigenvalue weighted by Crippen LogP contribution is 2.42. The summed E-state index contributed by atoms with van der Waals surface area (Å²) in [5.74, 6) is 1.14. The molecular weight excluding hydrogens is 457 g/mol. The fourth-order valence-corrected chi connectivity index (χ4v) is 4.49. The molecule has 0 saturated carbocycles. The van der Waals surface area contributed by atoms with Gasteiger partial charge in [-0.05, 0) is 65.6 Å². The number of halogens is 3. The number of carbonyl (C=O) groups excluding carboxylic acids is 1. The number of hydrogen-bond acceptors (Lipinski definition) is 3. The molecule has 4 nitrogen and oxygen atoms in total. The summed E-state index contributed by atoms with van der Waals surface area (Å²) in [5, 5.41) is 1.35. The smallest absolute Gasteiger partial charge is 0.254 e. The third-order valence-corrected chi connectivity index (χ3v) is 6.44. The summed E-state index contributed by atoms with van der Waals surface area (Å²) < 4.78 is 11.0. The monoisotopic (exact) mass is 475 g/mol. The number of amides is 1. The predicted octanol–water partition coefficient (Wildman–Crippen LogP) is 6.45. The van der Waals surface area contributed by atoms with Crippen LogP contribution >= 0.6 is 34.8 Å². The molecular formula is C24H20Cl3NO3. The third kappa shape index (κ3) is 4.20. The number of carbonyl (C=O) groups is 1. The second kappa shape index (κ2) is 8.99. The van der Waals surface area contributed by atoms with Crippen LogP contribution in [0.2, 0.25) is 15.1 Å². The van der Waals surface area contributed by atoms with Gasteiger partial charge in [0.15, 0.2) is 11.5 Å². The van der Waals surface area contributed by atoms with Crippen molar-refractivity contribution in [3.8, 4) is 11.5 Å². The molecule has 31 heavy (non-hydrogen) atoms. The van der Waals surface area contributed by atoms with Gasteiger partial charge in [-0.15, -0.1) is 0 Å². The van der Waals surface area contributed by atoms with Gasteiger partial charge < -0.3 is 14.4 Å². The summed E-state index contributed by atoms with van der Waals surface area (Å²) in [6.45, 7) is 0.527. The van der Waals surface area contributed by atoms with Crippen LogP contribution in [0.4, 0.5) is 0 Å². The molecule has 0 bridgehead atoms. The summed E-state index contributed by atoms with van der Waals surface area (Å²) in [4.78, 5) is 15.4. The van der Waals surface area contributed by atoms with Gasteiger partial charge in [0.05, 0.1) is 30.3 Å². The molecule has 4 rings (SSSR count). The first kappa shape index (κ1) is 21.8.